The van der Waals surface area contributed by atoms with Gasteiger partial charge in [-0.3, -0.25) is 0 Å². The molecule has 20 heavy (non-hydrogen) atoms. The predicted molar refractivity (Wildman–Crippen MR) is 84.1 cm³/mol. The van der Waals surface area contributed by atoms with Crippen molar-refractivity contribution in [2.75, 3.05) is 6.26 Å². The van der Waals surface area contributed by atoms with E-state index in [0.29, 0.717) is 21.7 Å². The molecule has 0 saturated heterocycles. The van der Waals surface area contributed by atoms with E-state index in [4.69, 9.17) is 11.6 Å². The second kappa shape index (κ2) is 5.23. The van der Waals surface area contributed by atoms with Gasteiger partial charge in [0.2, 0.25) is 0 Å². The van der Waals surface area contributed by atoms with Crippen LogP contribution in [0, 0.1) is 12.7 Å². The number of halogens is 2. The van der Waals surface area contributed by atoms with Crippen LogP contribution in [0.3, 0.4) is 0 Å². The van der Waals surface area contributed by atoms with Crippen LogP contribution in [0.5, 0.6) is 0 Å². The van der Waals surface area contributed by atoms with Gasteiger partial charge in [-0.25, -0.2) is 9.37 Å². The molecule has 0 amide bonds. The molecule has 1 aromatic carbocycles. The maximum atomic E-state index is 13.7. The van der Waals surface area contributed by atoms with Crippen molar-refractivity contribution in [3.05, 3.63) is 29.3 Å². The zero-order chi connectivity index (χ0) is 14.3. The standard InChI is InChI=1S/C15H18ClFN2S/c1-10-6-13-12(7-11(10)17)18-14(8-16)19(13)9-15(20-2)4-3-5-15/h6-7H,3-5,8-9H2,1-2H3. The summed E-state index contributed by atoms with van der Waals surface area (Å²) in [6, 6.07) is 3.41. The molecule has 0 N–H and O–H groups in total. The van der Waals surface area contributed by atoms with Crippen LogP contribution in [-0.4, -0.2) is 20.6 Å². The number of aryl methyl sites for hydroxylation is 1. The third kappa shape index (κ3) is 2.23. The monoisotopic (exact) mass is 312 g/mol. The quantitative estimate of drug-likeness (QED) is 0.773. The minimum atomic E-state index is -0.202. The van der Waals surface area contributed by atoms with Crippen molar-refractivity contribution < 1.29 is 4.39 Å². The van der Waals surface area contributed by atoms with Crippen molar-refractivity contribution in [3.8, 4) is 0 Å². The minimum absolute atomic E-state index is 0.202. The number of thioether (sulfide) groups is 1. The van der Waals surface area contributed by atoms with Gasteiger partial charge < -0.3 is 4.57 Å². The Hall–Kier alpha value is -0.740. The van der Waals surface area contributed by atoms with E-state index in [1.807, 2.05) is 17.8 Å². The lowest BCUT2D eigenvalue weighted by atomic mass is 9.84. The first kappa shape index (κ1) is 14.2. The molecule has 2 aromatic rings. The number of hydrogen-bond donors (Lipinski definition) is 0. The number of imidazole rings is 1. The van der Waals surface area contributed by atoms with Crippen LogP contribution in [0.1, 0.15) is 30.7 Å². The Kier molecular flexibility index (Phi) is 3.71. The normalized spacial score (nSPS) is 17.4. The number of hydrogen-bond acceptors (Lipinski definition) is 2. The fourth-order valence-corrected chi connectivity index (χ4v) is 4.02. The third-order valence-corrected chi connectivity index (χ3v) is 6.01. The molecule has 3 rings (SSSR count). The van der Waals surface area contributed by atoms with E-state index in [2.05, 4.69) is 15.8 Å². The Morgan fingerprint density at radius 3 is 2.75 bits per heavy atom. The Labute approximate surface area is 127 Å². The summed E-state index contributed by atoms with van der Waals surface area (Å²) in [5.74, 6) is 0.998. The van der Waals surface area contributed by atoms with Crippen molar-refractivity contribution in [2.24, 2.45) is 0 Å². The molecular weight excluding hydrogens is 295 g/mol. The SMILES string of the molecule is CSC1(Cn2c(CCl)nc3cc(F)c(C)cc32)CCC1. The van der Waals surface area contributed by atoms with Gasteiger partial charge in [0.15, 0.2) is 0 Å². The lowest BCUT2D eigenvalue weighted by Crippen LogP contribution is -2.38. The fourth-order valence-electron chi connectivity index (χ4n) is 2.86. The van der Waals surface area contributed by atoms with Gasteiger partial charge in [0.05, 0.1) is 16.9 Å². The molecule has 1 saturated carbocycles. The van der Waals surface area contributed by atoms with Crippen LogP contribution < -0.4 is 0 Å². The van der Waals surface area contributed by atoms with Crippen LogP contribution in [0.25, 0.3) is 11.0 Å². The molecule has 1 aliphatic carbocycles. The molecule has 0 radical (unpaired) electrons. The smallest absolute Gasteiger partial charge is 0.128 e. The van der Waals surface area contributed by atoms with E-state index < -0.39 is 0 Å². The summed E-state index contributed by atoms with van der Waals surface area (Å²) >= 11 is 7.96. The van der Waals surface area contributed by atoms with E-state index in [-0.39, 0.29) is 5.82 Å². The molecule has 1 aromatic heterocycles. The van der Waals surface area contributed by atoms with E-state index in [9.17, 15) is 4.39 Å². The highest BCUT2D eigenvalue weighted by molar-refractivity contribution is 8.00. The van der Waals surface area contributed by atoms with E-state index in [1.165, 1.54) is 25.3 Å². The molecule has 1 heterocycles. The van der Waals surface area contributed by atoms with Crippen LogP contribution in [-0.2, 0) is 12.4 Å². The molecule has 2 nitrogen and oxygen atoms in total. The van der Waals surface area contributed by atoms with Crippen LogP contribution >= 0.6 is 23.4 Å². The number of nitrogens with zero attached hydrogens (tertiary/aromatic N) is 2. The highest BCUT2D eigenvalue weighted by atomic mass is 35.5. The zero-order valence-corrected chi connectivity index (χ0v) is 13.3. The van der Waals surface area contributed by atoms with Crippen molar-refractivity contribution in [3.63, 3.8) is 0 Å². The Morgan fingerprint density at radius 1 is 1.45 bits per heavy atom. The maximum Gasteiger partial charge on any atom is 0.128 e. The van der Waals surface area contributed by atoms with Gasteiger partial charge in [0, 0.05) is 17.4 Å². The molecule has 0 spiro atoms. The summed E-state index contributed by atoms with van der Waals surface area (Å²) in [6.45, 7) is 2.71. The summed E-state index contributed by atoms with van der Waals surface area (Å²) in [5, 5.41) is 0. The predicted octanol–water partition coefficient (Wildman–Crippen LogP) is 4.51. The van der Waals surface area contributed by atoms with Crippen molar-refractivity contribution in [1.82, 2.24) is 9.55 Å². The average Bonchev–Trinajstić information content (AvgIpc) is 2.72. The largest absolute Gasteiger partial charge is 0.326 e. The van der Waals surface area contributed by atoms with Crippen molar-refractivity contribution in [2.45, 2.75) is 43.4 Å². The second-order valence-corrected chi connectivity index (χ2v) is 7.12. The van der Waals surface area contributed by atoms with Crippen LogP contribution in [0.4, 0.5) is 4.39 Å². The Bertz CT molecular complexity index is 643. The number of aromatic nitrogens is 2. The van der Waals surface area contributed by atoms with Crippen molar-refractivity contribution in [1.29, 1.82) is 0 Å². The fraction of sp³-hybridized carbons (Fsp3) is 0.533. The second-order valence-electron chi connectivity index (χ2n) is 5.58. The summed E-state index contributed by atoms with van der Waals surface area (Å²) in [4.78, 5) is 4.49. The molecule has 108 valence electrons. The van der Waals surface area contributed by atoms with E-state index in [1.54, 1.807) is 6.92 Å². The lowest BCUT2D eigenvalue weighted by molar-refractivity contribution is 0.322. The molecule has 0 aliphatic heterocycles. The molecular formula is C15H18ClFN2S. The van der Waals surface area contributed by atoms with Crippen molar-refractivity contribution >= 4 is 34.4 Å². The molecule has 1 fully saturated rings. The molecule has 0 atom stereocenters. The molecule has 0 unspecified atom stereocenters. The average molecular weight is 313 g/mol. The van der Waals surface area contributed by atoms with Gasteiger partial charge in [-0.1, -0.05) is 6.42 Å². The summed E-state index contributed by atoms with van der Waals surface area (Å²) in [5.41, 5.74) is 2.37. The molecule has 1 aliphatic rings. The van der Waals surface area contributed by atoms with Gasteiger partial charge >= 0.3 is 0 Å². The van der Waals surface area contributed by atoms with Gasteiger partial charge in [-0.05, 0) is 37.7 Å². The topological polar surface area (TPSA) is 17.8 Å². The number of rotatable bonds is 4. The summed E-state index contributed by atoms with van der Waals surface area (Å²) in [6.07, 6.45) is 5.92. The number of fused-ring (bicyclic) bond motifs is 1. The van der Waals surface area contributed by atoms with Gasteiger partial charge in [-0.2, -0.15) is 11.8 Å². The maximum absolute atomic E-state index is 13.7. The van der Waals surface area contributed by atoms with E-state index >= 15 is 0 Å². The van der Waals surface area contributed by atoms with Gasteiger partial charge in [0.25, 0.3) is 0 Å². The minimum Gasteiger partial charge on any atom is -0.326 e. The number of benzene rings is 1. The first-order chi connectivity index (χ1) is 9.58. The highest BCUT2D eigenvalue weighted by Gasteiger charge is 2.37. The summed E-state index contributed by atoms with van der Waals surface area (Å²) in [7, 11) is 0. The highest BCUT2D eigenvalue weighted by Crippen LogP contribution is 2.44. The Balaban J connectivity index is 2.10. The van der Waals surface area contributed by atoms with Gasteiger partial charge in [-0.15, -0.1) is 11.6 Å². The van der Waals surface area contributed by atoms with Crippen LogP contribution in [0.15, 0.2) is 12.1 Å². The molecule has 5 heteroatoms. The Morgan fingerprint density at radius 2 is 2.20 bits per heavy atom. The summed E-state index contributed by atoms with van der Waals surface area (Å²) < 4.78 is 16.2. The zero-order valence-electron chi connectivity index (χ0n) is 11.7. The van der Waals surface area contributed by atoms with Gasteiger partial charge in [0.1, 0.15) is 11.6 Å². The lowest BCUT2D eigenvalue weighted by Gasteiger charge is -2.41. The first-order valence-corrected chi connectivity index (χ1v) is 8.61. The third-order valence-electron chi connectivity index (χ3n) is 4.37. The van der Waals surface area contributed by atoms with Crippen LogP contribution in [0.2, 0.25) is 0 Å². The van der Waals surface area contributed by atoms with E-state index in [0.717, 1.165) is 17.9 Å². The number of alkyl halides is 1. The molecule has 0 bridgehead atoms. The first-order valence-electron chi connectivity index (χ1n) is 6.85.